The Hall–Kier alpha value is -1.55. The van der Waals surface area contributed by atoms with Gasteiger partial charge in [0.25, 0.3) is 0 Å². The number of H-pyrrole nitrogens is 1. The number of rotatable bonds is 2. The summed E-state index contributed by atoms with van der Waals surface area (Å²) in [6.07, 6.45) is 0.721. The second kappa shape index (κ2) is 4.85. The van der Waals surface area contributed by atoms with E-state index in [1.54, 1.807) is 12.1 Å². The second-order valence-electron chi connectivity index (χ2n) is 5.80. The lowest BCUT2D eigenvalue weighted by Crippen LogP contribution is -2.10. The molecule has 3 N–H and O–H groups in total. The molecule has 0 saturated heterocycles. The first-order valence-corrected chi connectivity index (χ1v) is 6.44. The van der Waals surface area contributed by atoms with Crippen molar-refractivity contribution in [3.63, 3.8) is 0 Å². The predicted octanol–water partition coefficient (Wildman–Crippen LogP) is 4.04. The Kier molecular flexibility index (Phi) is 3.54. The van der Waals surface area contributed by atoms with Crippen LogP contribution in [0.25, 0.3) is 11.1 Å². The van der Waals surface area contributed by atoms with E-state index in [4.69, 9.17) is 17.3 Å². The van der Waals surface area contributed by atoms with Crippen LogP contribution in [0.4, 0.5) is 10.2 Å². The largest absolute Gasteiger partial charge is 0.382 e. The summed E-state index contributed by atoms with van der Waals surface area (Å²) >= 11 is 5.82. The molecule has 1 heterocycles. The quantitative estimate of drug-likeness (QED) is 0.873. The van der Waals surface area contributed by atoms with Gasteiger partial charge in [0.2, 0.25) is 0 Å². The van der Waals surface area contributed by atoms with Gasteiger partial charge in [-0.2, -0.15) is 5.10 Å². The van der Waals surface area contributed by atoms with E-state index in [0.29, 0.717) is 16.9 Å². The number of benzene rings is 1. The molecule has 3 nitrogen and oxygen atoms in total. The lowest BCUT2D eigenvalue weighted by Gasteiger charge is -2.18. The number of nitrogens with zero attached hydrogens (tertiary/aromatic N) is 1. The lowest BCUT2D eigenvalue weighted by atomic mass is 9.88. The van der Waals surface area contributed by atoms with Crippen LogP contribution in [0.15, 0.2) is 18.2 Å². The number of halogens is 2. The van der Waals surface area contributed by atoms with Crippen LogP contribution >= 0.6 is 11.6 Å². The van der Waals surface area contributed by atoms with Crippen molar-refractivity contribution >= 4 is 17.4 Å². The van der Waals surface area contributed by atoms with E-state index in [2.05, 4.69) is 31.0 Å². The topological polar surface area (TPSA) is 54.7 Å². The van der Waals surface area contributed by atoms with Crippen molar-refractivity contribution in [2.45, 2.75) is 27.2 Å². The summed E-state index contributed by atoms with van der Waals surface area (Å²) in [6.45, 7) is 6.30. The third-order valence-corrected chi connectivity index (χ3v) is 3.09. The average Bonchev–Trinajstić information content (AvgIpc) is 2.62. The van der Waals surface area contributed by atoms with Crippen LogP contribution in [-0.2, 0) is 6.42 Å². The zero-order valence-corrected chi connectivity index (χ0v) is 12.0. The molecule has 0 amide bonds. The summed E-state index contributed by atoms with van der Waals surface area (Å²) in [7, 11) is 0. The molecule has 1 aromatic carbocycles. The molecule has 0 fully saturated rings. The van der Waals surface area contributed by atoms with E-state index >= 15 is 0 Å². The van der Waals surface area contributed by atoms with Crippen molar-refractivity contribution in [3.05, 3.63) is 34.7 Å². The first-order valence-electron chi connectivity index (χ1n) is 6.06. The van der Waals surface area contributed by atoms with Gasteiger partial charge in [-0.1, -0.05) is 44.5 Å². The molecule has 0 aliphatic carbocycles. The molecule has 0 unspecified atom stereocenters. The van der Waals surface area contributed by atoms with Gasteiger partial charge in [-0.3, -0.25) is 5.10 Å². The Labute approximate surface area is 117 Å². The SMILES string of the molecule is CC(C)(C)Cc1[nH]nc(N)c1-c1cccc(Cl)c1F. The van der Waals surface area contributed by atoms with E-state index < -0.39 is 5.82 Å². The van der Waals surface area contributed by atoms with Gasteiger partial charge >= 0.3 is 0 Å². The van der Waals surface area contributed by atoms with Crippen molar-refractivity contribution in [1.29, 1.82) is 0 Å². The van der Waals surface area contributed by atoms with Crippen molar-refractivity contribution in [2.75, 3.05) is 5.73 Å². The van der Waals surface area contributed by atoms with E-state index in [1.165, 1.54) is 6.07 Å². The lowest BCUT2D eigenvalue weighted by molar-refractivity contribution is 0.406. The monoisotopic (exact) mass is 281 g/mol. The molecule has 1 aromatic heterocycles. The summed E-state index contributed by atoms with van der Waals surface area (Å²) in [5.41, 5.74) is 7.72. The molecule has 0 saturated carbocycles. The molecule has 0 spiro atoms. The van der Waals surface area contributed by atoms with Crippen molar-refractivity contribution in [3.8, 4) is 11.1 Å². The molecule has 0 atom stereocenters. The smallest absolute Gasteiger partial charge is 0.153 e. The average molecular weight is 282 g/mol. The maximum Gasteiger partial charge on any atom is 0.153 e. The predicted molar refractivity (Wildman–Crippen MR) is 76.6 cm³/mol. The molecule has 0 aliphatic rings. The van der Waals surface area contributed by atoms with Crippen LogP contribution in [0.3, 0.4) is 0 Å². The standard InChI is InChI=1S/C14H17ClFN3/c1-14(2,3)7-10-11(13(17)19-18-10)8-5-4-6-9(15)12(8)16/h4-6H,7H2,1-3H3,(H3,17,18,19). The first-order chi connectivity index (χ1) is 8.79. The Morgan fingerprint density at radius 2 is 2.05 bits per heavy atom. The molecule has 0 radical (unpaired) electrons. The number of hydrogen-bond acceptors (Lipinski definition) is 2. The van der Waals surface area contributed by atoms with E-state index in [0.717, 1.165) is 12.1 Å². The molecule has 102 valence electrons. The van der Waals surface area contributed by atoms with Gasteiger partial charge in [0.15, 0.2) is 5.82 Å². The Balaban J connectivity index is 2.56. The molecule has 0 aliphatic heterocycles. The zero-order chi connectivity index (χ0) is 14.2. The Morgan fingerprint density at radius 3 is 2.68 bits per heavy atom. The molecule has 5 heteroatoms. The van der Waals surface area contributed by atoms with Crippen molar-refractivity contribution < 1.29 is 4.39 Å². The third-order valence-electron chi connectivity index (χ3n) is 2.80. The number of nitrogens with one attached hydrogen (secondary N) is 1. The number of nitrogen functional groups attached to an aromatic ring is 1. The van der Waals surface area contributed by atoms with Crippen LogP contribution in [0.5, 0.6) is 0 Å². The highest BCUT2D eigenvalue weighted by Gasteiger charge is 2.21. The van der Waals surface area contributed by atoms with Gasteiger partial charge in [0.1, 0.15) is 5.82 Å². The Morgan fingerprint density at radius 1 is 1.37 bits per heavy atom. The van der Waals surface area contributed by atoms with Gasteiger partial charge in [-0.15, -0.1) is 0 Å². The van der Waals surface area contributed by atoms with E-state index in [1.807, 2.05) is 0 Å². The highest BCUT2D eigenvalue weighted by Crippen LogP contribution is 2.35. The second-order valence-corrected chi connectivity index (χ2v) is 6.21. The normalized spacial score (nSPS) is 11.8. The number of hydrogen-bond donors (Lipinski definition) is 2. The fourth-order valence-corrected chi connectivity index (χ4v) is 2.22. The molecule has 19 heavy (non-hydrogen) atoms. The highest BCUT2D eigenvalue weighted by molar-refractivity contribution is 6.31. The summed E-state index contributed by atoms with van der Waals surface area (Å²) in [5, 5.41) is 6.97. The summed E-state index contributed by atoms with van der Waals surface area (Å²) < 4.78 is 14.1. The van der Waals surface area contributed by atoms with Crippen molar-refractivity contribution in [2.24, 2.45) is 5.41 Å². The van der Waals surface area contributed by atoms with Crippen molar-refractivity contribution in [1.82, 2.24) is 10.2 Å². The van der Waals surface area contributed by atoms with E-state index in [9.17, 15) is 4.39 Å². The van der Waals surface area contributed by atoms with Crippen LogP contribution in [0.1, 0.15) is 26.5 Å². The summed E-state index contributed by atoms with van der Waals surface area (Å²) in [5.74, 6) is -0.173. The molecular formula is C14H17ClFN3. The summed E-state index contributed by atoms with van der Waals surface area (Å²) in [6, 6.07) is 4.88. The molecule has 2 rings (SSSR count). The first kappa shape index (κ1) is 13.9. The number of anilines is 1. The Bertz CT molecular complexity index is 599. The minimum atomic E-state index is -0.465. The van der Waals surface area contributed by atoms with Crippen LogP contribution in [0, 0.1) is 11.2 Å². The maximum absolute atomic E-state index is 14.1. The highest BCUT2D eigenvalue weighted by atomic mass is 35.5. The fraction of sp³-hybridized carbons (Fsp3) is 0.357. The fourth-order valence-electron chi connectivity index (χ4n) is 2.05. The van der Waals surface area contributed by atoms with Gasteiger partial charge < -0.3 is 5.73 Å². The third kappa shape index (κ3) is 2.89. The van der Waals surface area contributed by atoms with Crippen LogP contribution < -0.4 is 5.73 Å². The zero-order valence-electron chi connectivity index (χ0n) is 11.2. The van der Waals surface area contributed by atoms with Gasteiger partial charge in [0, 0.05) is 16.8 Å². The van der Waals surface area contributed by atoms with Crippen LogP contribution in [-0.4, -0.2) is 10.2 Å². The minimum Gasteiger partial charge on any atom is -0.382 e. The van der Waals surface area contributed by atoms with Gasteiger partial charge in [0.05, 0.1) is 5.02 Å². The number of aromatic amines is 1. The number of aromatic nitrogens is 2. The number of nitrogens with two attached hydrogens (primary N) is 1. The van der Waals surface area contributed by atoms with Crippen LogP contribution in [0.2, 0.25) is 5.02 Å². The van der Waals surface area contributed by atoms with E-state index in [-0.39, 0.29) is 10.4 Å². The molecule has 0 bridgehead atoms. The minimum absolute atomic E-state index is 0.0444. The summed E-state index contributed by atoms with van der Waals surface area (Å²) in [4.78, 5) is 0. The van der Waals surface area contributed by atoms with Gasteiger partial charge in [-0.05, 0) is 17.9 Å². The molecular weight excluding hydrogens is 265 g/mol. The molecule has 2 aromatic rings. The maximum atomic E-state index is 14.1. The van der Waals surface area contributed by atoms with Gasteiger partial charge in [-0.25, -0.2) is 4.39 Å².